The minimum absolute atomic E-state index is 0.0830. The summed E-state index contributed by atoms with van der Waals surface area (Å²) in [6, 6.07) is 11.1. The fourth-order valence-electron chi connectivity index (χ4n) is 3.70. The highest BCUT2D eigenvalue weighted by Gasteiger charge is 2.22. The molecule has 31 heavy (non-hydrogen) atoms. The van der Waals surface area contributed by atoms with Crippen molar-refractivity contribution < 1.29 is 18.9 Å². The van der Waals surface area contributed by atoms with Crippen LogP contribution in [0.2, 0.25) is 5.02 Å². The van der Waals surface area contributed by atoms with E-state index in [4.69, 9.17) is 25.7 Å². The van der Waals surface area contributed by atoms with E-state index in [2.05, 4.69) is 26.6 Å². The molecule has 1 aliphatic rings. The average molecular weight is 445 g/mol. The van der Waals surface area contributed by atoms with Crippen LogP contribution in [0.1, 0.15) is 28.8 Å². The zero-order valence-electron chi connectivity index (χ0n) is 17.3. The van der Waals surface area contributed by atoms with Gasteiger partial charge in [0.15, 0.2) is 0 Å². The number of nitrogens with one attached hydrogen (secondary N) is 1. The van der Waals surface area contributed by atoms with E-state index in [1.807, 2.05) is 12.1 Å². The molecule has 0 bridgehead atoms. The van der Waals surface area contributed by atoms with E-state index < -0.39 is 0 Å². The summed E-state index contributed by atoms with van der Waals surface area (Å²) >= 11 is 6.37. The lowest BCUT2D eigenvalue weighted by Crippen LogP contribution is -2.37. The number of benzene rings is 2. The van der Waals surface area contributed by atoms with Crippen LogP contribution >= 0.6 is 11.6 Å². The Bertz CT molecular complexity index is 1030. The number of carbonyl (C=O) groups is 1. The first-order chi connectivity index (χ1) is 15.1. The molecule has 3 aromatic rings. The van der Waals surface area contributed by atoms with Crippen LogP contribution in [0.4, 0.5) is 0 Å². The van der Waals surface area contributed by atoms with E-state index in [1.165, 1.54) is 0 Å². The molecule has 1 amide bonds. The standard InChI is InChI=1S/C22H25ClN4O4/c1-29-12-9-24-22(28)15-5-6-20(18(23)13-15)30-17-7-10-27(11-8-17)14-16-3-2-4-19-21(16)26-31-25-19/h2-6,13,17H,7-12,14H2,1H3,(H,24,28). The largest absolute Gasteiger partial charge is 0.489 e. The molecule has 9 heteroatoms. The molecule has 0 spiro atoms. The number of likely N-dealkylation sites (tertiary alicyclic amines) is 1. The number of amides is 1. The highest BCUT2D eigenvalue weighted by molar-refractivity contribution is 6.32. The van der Waals surface area contributed by atoms with Gasteiger partial charge in [-0.2, -0.15) is 0 Å². The summed E-state index contributed by atoms with van der Waals surface area (Å²) < 4.78 is 15.9. The molecule has 2 heterocycles. The van der Waals surface area contributed by atoms with Crippen molar-refractivity contribution in [2.24, 2.45) is 0 Å². The Morgan fingerprint density at radius 2 is 2.10 bits per heavy atom. The molecule has 2 aromatic carbocycles. The number of hydrogen-bond donors (Lipinski definition) is 1. The molecule has 1 saturated heterocycles. The topological polar surface area (TPSA) is 89.7 Å². The summed E-state index contributed by atoms with van der Waals surface area (Å²) in [7, 11) is 1.59. The van der Waals surface area contributed by atoms with Gasteiger partial charge < -0.3 is 14.8 Å². The Morgan fingerprint density at radius 3 is 2.87 bits per heavy atom. The van der Waals surface area contributed by atoms with Crippen molar-refractivity contribution >= 4 is 28.5 Å². The van der Waals surface area contributed by atoms with Gasteiger partial charge in [-0.1, -0.05) is 23.7 Å². The van der Waals surface area contributed by atoms with Gasteiger partial charge in [-0.25, -0.2) is 4.63 Å². The second-order valence-corrected chi connectivity index (χ2v) is 7.94. The first kappa shape index (κ1) is 21.5. The highest BCUT2D eigenvalue weighted by atomic mass is 35.5. The van der Waals surface area contributed by atoms with Gasteiger partial charge in [0.25, 0.3) is 5.91 Å². The van der Waals surface area contributed by atoms with Crippen molar-refractivity contribution in [1.29, 1.82) is 0 Å². The van der Waals surface area contributed by atoms with Gasteiger partial charge in [0.2, 0.25) is 0 Å². The SMILES string of the molecule is COCCNC(=O)c1ccc(OC2CCN(Cc3cccc4nonc34)CC2)c(Cl)c1. The van der Waals surface area contributed by atoms with Gasteiger partial charge in [0.1, 0.15) is 22.9 Å². The molecule has 0 unspecified atom stereocenters. The van der Waals surface area contributed by atoms with Crippen LogP contribution in [0.15, 0.2) is 41.0 Å². The second-order valence-electron chi connectivity index (χ2n) is 7.54. The number of methoxy groups -OCH3 is 1. The predicted octanol–water partition coefficient (Wildman–Crippen LogP) is 3.30. The number of rotatable bonds is 8. The van der Waals surface area contributed by atoms with Crippen molar-refractivity contribution in [2.45, 2.75) is 25.5 Å². The first-order valence-electron chi connectivity index (χ1n) is 10.3. The predicted molar refractivity (Wildman–Crippen MR) is 116 cm³/mol. The van der Waals surface area contributed by atoms with Crippen molar-refractivity contribution in [3.05, 3.63) is 52.5 Å². The Morgan fingerprint density at radius 1 is 1.26 bits per heavy atom. The fraction of sp³-hybridized carbons (Fsp3) is 0.409. The van der Waals surface area contributed by atoms with Crippen LogP contribution in [0.3, 0.4) is 0 Å². The number of ether oxygens (including phenoxy) is 2. The summed E-state index contributed by atoms with van der Waals surface area (Å²) in [5.41, 5.74) is 3.21. The number of nitrogens with zero attached hydrogens (tertiary/aromatic N) is 3. The van der Waals surface area contributed by atoms with Gasteiger partial charge in [-0.05, 0) is 53.0 Å². The van der Waals surface area contributed by atoms with Crippen LogP contribution in [0, 0.1) is 0 Å². The highest BCUT2D eigenvalue weighted by Crippen LogP contribution is 2.29. The summed E-state index contributed by atoms with van der Waals surface area (Å²) in [4.78, 5) is 14.5. The molecular formula is C22H25ClN4O4. The molecule has 0 radical (unpaired) electrons. The lowest BCUT2D eigenvalue weighted by atomic mass is 10.1. The molecule has 4 rings (SSSR count). The number of halogens is 1. The first-order valence-corrected chi connectivity index (χ1v) is 10.7. The van der Waals surface area contributed by atoms with Gasteiger partial charge >= 0.3 is 0 Å². The van der Waals surface area contributed by atoms with Crippen LogP contribution in [-0.4, -0.2) is 60.6 Å². The Kier molecular flexibility index (Phi) is 7.01. The monoisotopic (exact) mass is 444 g/mol. The quantitative estimate of drug-likeness (QED) is 0.533. The van der Waals surface area contributed by atoms with Crippen LogP contribution < -0.4 is 10.1 Å². The Hall–Kier alpha value is -2.68. The van der Waals surface area contributed by atoms with E-state index in [0.29, 0.717) is 29.5 Å². The van der Waals surface area contributed by atoms with Crippen molar-refractivity contribution in [3.63, 3.8) is 0 Å². The molecule has 1 N–H and O–H groups in total. The summed E-state index contributed by atoms with van der Waals surface area (Å²) in [6.45, 7) is 3.52. The van der Waals surface area contributed by atoms with E-state index in [-0.39, 0.29) is 12.0 Å². The minimum Gasteiger partial charge on any atom is -0.489 e. The van der Waals surface area contributed by atoms with Crippen LogP contribution in [-0.2, 0) is 11.3 Å². The van der Waals surface area contributed by atoms with E-state index in [1.54, 1.807) is 25.3 Å². The summed E-state index contributed by atoms with van der Waals surface area (Å²) in [5.74, 6) is 0.420. The van der Waals surface area contributed by atoms with Crippen LogP contribution in [0.5, 0.6) is 5.75 Å². The lowest BCUT2D eigenvalue weighted by Gasteiger charge is -2.32. The van der Waals surface area contributed by atoms with Crippen molar-refractivity contribution in [2.75, 3.05) is 33.4 Å². The van der Waals surface area contributed by atoms with E-state index >= 15 is 0 Å². The molecule has 1 fully saturated rings. The second kappa shape index (κ2) is 10.1. The maximum atomic E-state index is 12.1. The molecule has 0 atom stereocenters. The minimum atomic E-state index is -0.184. The van der Waals surface area contributed by atoms with Gasteiger partial charge in [0, 0.05) is 38.9 Å². The molecule has 0 aliphatic carbocycles. The summed E-state index contributed by atoms with van der Waals surface area (Å²) in [5, 5.41) is 11.1. The number of hydrogen-bond acceptors (Lipinski definition) is 7. The van der Waals surface area contributed by atoms with Gasteiger partial charge in [-0.15, -0.1) is 0 Å². The molecule has 1 aromatic heterocycles. The number of carbonyl (C=O) groups excluding carboxylic acids is 1. The van der Waals surface area contributed by atoms with Gasteiger partial charge in [-0.3, -0.25) is 9.69 Å². The molecular weight excluding hydrogens is 420 g/mol. The lowest BCUT2D eigenvalue weighted by molar-refractivity contribution is 0.0935. The van der Waals surface area contributed by atoms with Crippen molar-refractivity contribution in [1.82, 2.24) is 20.5 Å². The average Bonchev–Trinajstić information content (AvgIpc) is 3.26. The maximum Gasteiger partial charge on any atom is 0.251 e. The molecule has 0 saturated carbocycles. The number of aromatic nitrogens is 2. The zero-order chi connectivity index (χ0) is 21.6. The third-order valence-electron chi connectivity index (χ3n) is 5.38. The zero-order valence-corrected chi connectivity index (χ0v) is 18.1. The molecule has 164 valence electrons. The normalized spacial score (nSPS) is 15.3. The fourth-order valence-corrected chi connectivity index (χ4v) is 3.93. The van der Waals surface area contributed by atoms with Gasteiger partial charge in [0.05, 0.1) is 11.6 Å². The van der Waals surface area contributed by atoms with Crippen LogP contribution in [0.25, 0.3) is 11.0 Å². The summed E-state index contributed by atoms with van der Waals surface area (Å²) in [6.07, 6.45) is 1.87. The molecule has 8 nitrogen and oxygen atoms in total. The maximum absolute atomic E-state index is 12.1. The van der Waals surface area contributed by atoms with E-state index in [9.17, 15) is 4.79 Å². The third kappa shape index (κ3) is 5.33. The smallest absolute Gasteiger partial charge is 0.251 e. The Balaban J connectivity index is 1.29. The third-order valence-corrected chi connectivity index (χ3v) is 5.67. The molecule has 1 aliphatic heterocycles. The van der Waals surface area contributed by atoms with E-state index in [0.717, 1.165) is 49.1 Å². The number of fused-ring (bicyclic) bond motifs is 1. The van der Waals surface area contributed by atoms with Crippen molar-refractivity contribution in [3.8, 4) is 5.75 Å². The Labute approximate surface area is 185 Å². The number of piperidine rings is 1.